The fraction of sp³-hybridized carbons (Fsp3) is 0.391. The average molecular weight is 442 g/mol. The van der Waals surface area contributed by atoms with Gasteiger partial charge in [0.2, 0.25) is 0 Å². The minimum Gasteiger partial charge on any atom is -0.486 e. The number of morpholine rings is 1. The van der Waals surface area contributed by atoms with Crippen molar-refractivity contribution in [1.29, 1.82) is 0 Å². The van der Waals surface area contributed by atoms with Crippen molar-refractivity contribution in [2.24, 2.45) is 0 Å². The van der Waals surface area contributed by atoms with Crippen molar-refractivity contribution in [2.75, 3.05) is 32.8 Å². The molecule has 0 radical (unpaired) electrons. The quantitative estimate of drug-likeness (QED) is 0.574. The minimum atomic E-state index is -0.195. The van der Waals surface area contributed by atoms with Gasteiger partial charge >= 0.3 is 0 Å². The summed E-state index contributed by atoms with van der Waals surface area (Å²) in [7, 11) is 0. The Morgan fingerprint density at radius 1 is 1.19 bits per heavy atom. The van der Waals surface area contributed by atoms with Gasteiger partial charge in [-0.25, -0.2) is 4.98 Å². The van der Waals surface area contributed by atoms with Gasteiger partial charge in [-0.15, -0.1) is 11.3 Å². The van der Waals surface area contributed by atoms with Gasteiger partial charge in [0.1, 0.15) is 34.6 Å². The van der Waals surface area contributed by atoms with Gasteiger partial charge in [-0.1, -0.05) is 17.7 Å². The number of thiazole rings is 1. The maximum Gasteiger partial charge on any atom is 0.270 e. The molecule has 164 valence electrons. The summed E-state index contributed by atoms with van der Waals surface area (Å²) >= 11 is 1.42. The Bertz CT molecular complexity index is 992. The third-order valence-electron chi connectivity index (χ3n) is 5.20. The monoisotopic (exact) mass is 441 g/mol. The molecule has 31 heavy (non-hydrogen) atoms. The first-order valence-corrected chi connectivity index (χ1v) is 11.3. The maximum atomic E-state index is 12.7. The fourth-order valence-corrected chi connectivity index (χ4v) is 4.16. The van der Waals surface area contributed by atoms with Crippen LogP contribution in [-0.2, 0) is 11.3 Å². The molecule has 1 amide bonds. The molecule has 7 nitrogen and oxygen atoms in total. The number of nitrogens with one attached hydrogen (secondary N) is 1. The van der Waals surface area contributed by atoms with Crippen LogP contribution >= 0.6 is 11.3 Å². The smallest absolute Gasteiger partial charge is 0.270 e. The molecular weight excluding hydrogens is 414 g/mol. The van der Waals surface area contributed by atoms with Crippen molar-refractivity contribution in [3.63, 3.8) is 0 Å². The number of hydrogen-bond donors (Lipinski definition) is 1. The van der Waals surface area contributed by atoms with Crippen molar-refractivity contribution >= 4 is 17.2 Å². The summed E-state index contributed by atoms with van der Waals surface area (Å²) < 4.78 is 17.1. The summed E-state index contributed by atoms with van der Waals surface area (Å²) in [5.74, 6) is 2.30. The molecule has 0 saturated carbocycles. The molecule has 1 N–H and O–H groups in total. The highest BCUT2D eigenvalue weighted by Crippen LogP contribution is 2.23. The summed E-state index contributed by atoms with van der Waals surface area (Å²) in [6.07, 6.45) is 0. The molecule has 3 heterocycles. The average Bonchev–Trinajstić information content (AvgIpc) is 3.43. The Morgan fingerprint density at radius 2 is 1.97 bits per heavy atom. The van der Waals surface area contributed by atoms with Crippen LogP contribution in [0, 0.1) is 13.8 Å². The molecule has 0 bridgehead atoms. The van der Waals surface area contributed by atoms with Crippen LogP contribution in [0.3, 0.4) is 0 Å². The van der Waals surface area contributed by atoms with Crippen LogP contribution < -0.4 is 10.1 Å². The highest BCUT2D eigenvalue weighted by molar-refractivity contribution is 7.09. The van der Waals surface area contributed by atoms with E-state index in [0.29, 0.717) is 32.1 Å². The second-order valence-corrected chi connectivity index (χ2v) is 8.49. The summed E-state index contributed by atoms with van der Waals surface area (Å²) in [6, 6.07) is 11.8. The molecular formula is C23H27N3O4S. The van der Waals surface area contributed by atoms with Gasteiger partial charge in [-0.2, -0.15) is 0 Å². The third kappa shape index (κ3) is 5.72. The number of rotatable bonds is 8. The third-order valence-corrected chi connectivity index (χ3v) is 6.02. The van der Waals surface area contributed by atoms with Gasteiger partial charge in [0, 0.05) is 25.0 Å². The topological polar surface area (TPSA) is 76.8 Å². The zero-order valence-electron chi connectivity index (χ0n) is 17.8. The SMILES string of the molecule is Cc1ccc(OCc2nc(C(=O)NCC(c3ccc(C)o3)N3CCOCC3)cs2)cc1. The molecule has 1 saturated heterocycles. The second-order valence-electron chi connectivity index (χ2n) is 7.55. The number of aromatic nitrogens is 1. The van der Waals surface area contributed by atoms with Crippen LogP contribution in [0.25, 0.3) is 0 Å². The van der Waals surface area contributed by atoms with E-state index >= 15 is 0 Å². The van der Waals surface area contributed by atoms with E-state index in [9.17, 15) is 4.79 Å². The lowest BCUT2D eigenvalue weighted by Gasteiger charge is -2.33. The van der Waals surface area contributed by atoms with Gasteiger partial charge in [-0.3, -0.25) is 9.69 Å². The van der Waals surface area contributed by atoms with Crippen molar-refractivity contribution < 1.29 is 18.7 Å². The van der Waals surface area contributed by atoms with E-state index in [1.165, 1.54) is 16.9 Å². The van der Waals surface area contributed by atoms with E-state index < -0.39 is 0 Å². The highest BCUT2D eigenvalue weighted by atomic mass is 32.1. The van der Waals surface area contributed by atoms with Crippen molar-refractivity contribution in [3.05, 3.63) is 69.6 Å². The van der Waals surface area contributed by atoms with Crippen molar-refractivity contribution in [3.8, 4) is 5.75 Å². The summed E-state index contributed by atoms with van der Waals surface area (Å²) in [5.41, 5.74) is 1.59. The van der Waals surface area contributed by atoms with E-state index in [1.54, 1.807) is 5.38 Å². The summed E-state index contributed by atoms with van der Waals surface area (Å²) in [4.78, 5) is 19.4. The molecule has 4 rings (SSSR count). The molecule has 1 aliphatic rings. The molecule has 1 aromatic carbocycles. The van der Waals surface area contributed by atoms with Crippen LogP contribution in [0.2, 0.25) is 0 Å². The van der Waals surface area contributed by atoms with E-state index in [4.69, 9.17) is 13.9 Å². The Hall–Kier alpha value is -2.68. The molecule has 1 fully saturated rings. The standard InChI is InChI=1S/C23H27N3O4S/c1-16-3-6-18(7-4-16)29-14-22-25-19(15-31-22)23(27)24-13-20(21-8-5-17(2)30-21)26-9-11-28-12-10-26/h3-8,15,20H,9-14H2,1-2H3,(H,24,27). The summed E-state index contributed by atoms with van der Waals surface area (Å²) in [6.45, 7) is 7.71. The number of hydrogen-bond acceptors (Lipinski definition) is 7. The van der Waals surface area contributed by atoms with Crippen LogP contribution in [-0.4, -0.2) is 48.6 Å². The molecule has 2 aromatic heterocycles. The zero-order valence-corrected chi connectivity index (χ0v) is 18.6. The number of furan rings is 1. The molecule has 1 aliphatic heterocycles. The van der Waals surface area contributed by atoms with E-state index in [2.05, 4.69) is 15.2 Å². The Morgan fingerprint density at radius 3 is 2.68 bits per heavy atom. The number of carbonyl (C=O) groups excluding carboxylic acids is 1. The Kier molecular flexibility index (Phi) is 7.01. The highest BCUT2D eigenvalue weighted by Gasteiger charge is 2.26. The minimum absolute atomic E-state index is 0.0375. The number of nitrogens with zero attached hydrogens (tertiary/aromatic N) is 2. The van der Waals surface area contributed by atoms with E-state index in [1.807, 2.05) is 50.2 Å². The van der Waals surface area contributed by atoms with Gasteiger partial charge in [0.05, 0.1) is 19.3 Å². The lowest BCUT2D eigenvalue weighted by molar-refractivity contribution is 0.0117. The molecule has 1 atom stereocenters. The van der Waals surface area contributed by atoms with Crippen LogP contribution in [0.5, 0.6) is 5.75 Å². The number of ether oxygens (including phenoxy) is 2. The van der Waals surface area contributed by atoms with E-state index in [0.717, 1.165) is 35.4 Å². The second kappa shape index (κ2) is 10.1. The predicted molar refractivity (Wildman–Crippen MR) is 119 cm³/mol. The Balaban J connectivity index is 1.35. The molecule has 3 aromatic rings. The largest absolute Gasteiger partial charge is 0.486 e. The molecule has 8 heteroatoms. The van der Waals surface area contributed by atoms with Gasteiger partial charge < -0.3 is 19.2 Å². The van der Waals surface area contributed by atoms with Gasteiger partial charge in [0.25, 0.3) is 5.91 Å². The fourth-order valence-electron chi connectivity index (χ4n) is 3.47. The lowest BCUT2D eigenvalue weighted by Crippen LogP contribution is -2.43. The first-order chi connectivity index (χ1) is 15.1. The van der Waals surface area contributed by atoms with Crippen LogP contribution in [0.4, 0.5) is 0 Å². The van der Waals surface area contributed by atoms with Crippen molar-refractivity contribution in [2.45, 2.75) is 26.5 Å². The molecule has 1 unspecified atom stereocenters. The normalized spacial score (nSPS) is 15.5. The summed E-state index contributed by atoms with van der Waals surface area (Å²) in [5, 5.41) is 5.55. The first kappa shape index (κ1) is 21.5. The lowest BCUT2D eigenvalue weighted by atomic mass is 10.1. The first-order valence-electron chi connectivity index (χ1n) is 10.4. The molecule has 0 aliphatic carbocycles. The Labute approximate surface area is 186 Å². The number of amides is 1. The number of carbonyl (C=O) groups is 1. The van der Waals surface area contributed by atoms with Crippen LogP contribution in [0.1, 0.15) is 38.6 Å². The van der Waals surface area contributed by atoms with Crippen molar-refractivity contribution in [1.82, 2.24) is 15.2 Å². The zero-order chi connectivity index (χ0) is 21.6. The molecule has 0 spiro atoms. The van der Waals surface area contributed by atoms with Crippen LogP contribution in [0.15, 0.2) is 46.2 Å². The van der Waals surface area contributed by atoms with Gasteiger partial charge in [-0.05, 0) is 38.1 Å². The van der Waals surface area contributed by atoms with E-state index in [-0.39, 0.29) is 11.9 Å². The predicted octanol–water partition coefficient (Wildman–Crippen LogP) is 3.74. The van der Waals surface area contributed by atoms with Gasteiger partial charge in [0.15, 0.2) is 0 Å². The maximum absolute atomic E-state index is 12.7. The number of aryl methyl sites for hydroxylation is 2. The number of benzene rings is 1.